The molecule has 2 fully saturated rings. The lowest BCUT2D eigenvalue weighted by molar-refractivity contribution is -0.0792. The van der Waals surface area contributed by atoms with Gasteiger partial charge in [-0.1, -0.05) is 23.2 Å². The Kier molecular flexibility index (Phi) is 4.64. The molecule has 0 aliphatic carbocycles. The van der Waals surface area contributed by atoms with Crippen LogP contribution in [0, 0.1) is 11.8 Å². The van der Waals surface area contributed by atoms with Gasteiger partial charge < -0.3 is 14.5 Å². The largest absolute Gasteiger partial charge is 0.458 e. The Morgan fingerprint density at radius 1 is 1.00 bits per heavy atom. The Bertz CT molecular complexity index is 531. The zero-order valence-electron chi connectivity index (χ0n) is 12.8. The van der Waals surface area contributed by atoms with Crippen LogP contribution in [0.25, 0.3) is 0 Å². The summed E-state index contributed by atoms with van der Waals surface area (Å²) in [5.74, 6) is 0.362. The van der Waals surface area contributed by atoms with Crippen molar-refractivity contribution in [3.05, 3.63) is 33.8 Å². The molecular formula is C16H20Cl2N2O2. The van der Waals surface area contributed by atoms with Crippen molar-refractivity contribution in [2.75, 3.05) is 40.3 Å². The number of hydrogen-bond acceptors (Lipinski definition) is 4. The summed E-state index contributed by atoms with van der Waals surface area (Å²) < 4.78 is 5.84. The van der Waals surface area contributed by atoms with Gasteiger partial charge in [-0.15, -0.1) is 0 Å². The van der Waals surface area contributed by atoms with Crippen LogP contribution in [-0.4, -0.2) is 62.1 Å². The first-order chi connectivity index (χ1) is 10.4. The molecule has 3 rings (SSSR count). The van der Waals surface area contributed by atoms with Gasteiger partial charge in [0, 0.05) is 48.1 Å². The maximum Gasteiger partial charge on any atom is 0.338 e. The van der Waals surface area contributed by atoms with Crippen LogP contribution in [0.5, 0.6) is 0 Å². The quantitative estimate of drug-likeness (QED) is 0.773. The van der Waals surface area contributed by atoms with Crippen LogP contribution >= 0.6 is 23.2 Å². The van der Waals surface area contributed by atoms with Crippen molar-refractivity contribution in [1.82, 2.24) is 9.80 Å². The first-order valence-corrected chi connectivity index (χ1v) is 8.22. The molecule has 2 aliphatic rings. The van der Waals surface area contributed by atoms with Crippen molar-refractivity contribution < 1.29 is 9.53 Å². The highest BCUT2D eigenvalue weighted by molar-refractivity contribution is 6.35. The minimum Gasteiger partial charge on any atom is -0.458 e. The third-order valence-electron chi connectivity index (χ3n) is 4.46. The molecule has 1 aromatic rings. The van der Waals surface area contributed by atoms with Crippen LogP contribution < -0.4 is 0 Å². The molecule has 6 heteroatoms. The van der Waals surface area contributed by atoms with Gasteiger partial charge in [-0.05, 0) is 32.3 Å². The fourth-order valence-electron chi connectivity index (χ4n) is 3.72. The van der Waals surface area contributed by atoms with E-state index >= 15 is 0 Å². The smallest absolute Gasteiger partial charge is 0.338 e. The van der Waals surface area contributed by atoms with Crippen LogP contribution in [0.3, 0.4) is 0 Å². The molecule has 0 saturated carbocycles. The fourth-order valence-corrected chi connectivity index (χ4v) is 4.25. The Hall–Kier alpha value is -0.810. The minimum atomic E-state index is -0.335. The average molecular weight is 343 g/mol. The molecule has 2 bridgehead atoms. The molecule has 2 aliphatic heterocycles. The zero-order chi connectivity index (χ0) is 15.9. The molecule has 1 aromatic carbocycles. The summed E-state index contributed by atoms with van der Waals surface area (Å²) in [6.45, 7) is 3.81. The summed E-state index contributed by atoms with van der Waals surface area (Å²) in [6, 6.07) is 4.82. The molecular weight excluding hydrogens is 323 g/mol. The van der Waals surface area contributed by atoms with Gasteiger partial charge >= 0.3 is 5.97 Å². The van der Waals surface area contributed by atoms with E-state index in [1.54, 1.807) is 18.2 Å². The number of esters is 1. The monoisotopic (exact) mass is 342 g/mol. The number of carbonyl (C=O) groups excluding carboxylic acids is 1. The molecule has 0 N–H and O–H groups in total. The normalized spacial score (nSPS) is 29.4. The predicted molar refractivity (Wildman–Crippen MR) is 87.6 cm³/mol. The van der Waals surface area contributed by atoms with Gasteiger partial charge in [0.05, 0.1) is 5.56 Å². The lowest BCUT2D eigenvalue weighted by Crippen LogP contribution is -2.59. The molecule has 0 radical (unpaired) electrons. The van der Waals surface area contributed by atoms with Crippen LogP contribution in [0.2, 0.25) is 10.0 Å². The van der Waals surface area contributed by atoms with Gasteiger partial charge in [-0.25, -0.2) is 4.79 Å². The lowest BCUT2D eigenvalue weighted by Gasteiger charge is -2.48. The number of piperidine rings is 2. The van der Waals surface area contributed by atoms with E-state index in [1.165, 1.54) is 0 Å². The van der Waals surface area contributed by atoms with Gasteiger partial charge in [0.2, 0.25) is 0 Å². The summed E-state index contributed by atoms with van der Waals surface area (Å²) in [5, 5.41) is 0.894. The van der Waals surface area contributed by atoms with Gasteiger partial charge in [0.25, 0.3) is 0 Å². The van der Waals surface area contributed by atoms with Crippen molar-refractivity contribution in [3.8, 4) is 0 Å². The number of rotatable bonds is 2. The van der Waals surface area contributed by atoms with Crippen molar-refractivity contribution >= 4 is 29.2 Å². The van der Waals surface area contributed by atoms with Crippen molar-refractivity contribution in [1.29, 1.82) is 0 Å². The highest BCUT2D eigenvalue weighted by Gasteiger charge is 2.42. The SMILES string of the molecule is CN1CC2CN(C)CC(C1)C2OC(=O)c1cc(Cl)cc(Cl)c1. The summed E-state index contributed by atoms with van der Waals surface area (Å²) in [6.07, 6.45) is -0.0299. The fraction of sp³-hybridized carbons (Fsp3) is 0.562. The molecule has 0 spiro atoms. The molecule has 4 nitrogen and oxygen atoms in total. The van der Waals surface area contributed by atoms with E-state index in [4.69, 9.17) is 27.9 Å². The summed E-state index contributed by atoms with van der Waals surface area (Å²) in [7, 11) is 4.25. The number of nitrogens with zero attached hydrogens (tertiary/aromatic N) is 2. The van der Waals surface area contributed by atoms with E-state index in [9.17, 15) is 4.79 Å². The van der Waals surface area contributed by atoms with Crippen molar-refractivity contribution in [3.63, 3.8) is 0 Å². The van der Waals surface area contributed by atoms with Crippen LogP contribution in [0.1, 0.15) is 10.4 Å². The van der Waals surface area contributed by atoms with Gasteiger partial charge in [0.1, 0.15) is 6.10 Å². The van der Waals surface area contributed by atoms with Crippen molar-refractivity contribution in [2.45, 2.75) is 6.10 Å². The zero-order valence-corrected chi connectivity index (χ0v) is 14.3. The van der Waals surface area contributed by atoms with E-state index in [0.717, 1.165) is 26.2 Å². The van der Waals surface area contributed by atoms with Crippen LogP contribution in [0.4, 0.5) is 0 Å². The van der Waals surface area contributed by atoms with E-state index in [0.29, 0.717) is 27.4 Å². The standard InChI is InChI=1S/C16H20Cl2N2O2/c1-19-6-11-8-20(2)9-12(7-19)15(11)22-16(21)10-3-13(17)5-14(18)4-10/h3-5,11-12,15H,6-9H2,1-2H3. The van der Waals surface area contributed by atoms with E-state index < -0.39 is 0 Å². The summed E-state index contributed by atoms with van der Waals surface area (Å²) in [5.41, 5.74) is 0.419. The number of hydrogen-bond donors (Lipinski definition) is 0. The van der Waals surface area contributed by atoms with Crippen LogP contribution in [0.15, 0.2) is 18.2 Å². The maximum atomic E-state index is 12.4. The Labute approximate surface area is 140 Å². The van der Waals surface area contributed by atoms with Gasteiger partial charge in [-0.3, -0.25) is 0 Å². The van der Waals surface area contributed by atoms with Gasteiger partial charge in [0.15, 0.2) is 0 Å². The summed E-state index contributed by atoms with van der Waals surface area (Å²) >= 11 is 11.9. The maximum absolute atomic E-state index is 12.4. The molecule has 120 valence electrons. The molecule has 0 atom stereocenters. The van der Waals surface area contributed by atoms with Crippen LogP contribution in [-0.2, 0) is 4.74 Å². The number of halogens is 2. The Morgan fingerprint density at radius 3 is 1.91 bits per heavy atom. The molecule has 0 unspecified atom stereocenters. The molecule has 2 heterocycles. The lowest BCUT2D eigenvalue weighted by atomic mass is 9.82. The second-order valence-electron chi connectivity index (χ2n) is 6.49. The van der Waals surface area contributed by atoms with E-state index in [2.05, 4.69) is 23.9 Å². The first-order valence-electron chi connectivity index (χ1n) is 7.46. The Balaban J connectivity index is 1.76. The van der Waals surface area contributed by atoms with E-state index in [1.807, 2.05) is 0 Å². The van der Waals surface area contributed by atoms with Crippen molar-refractivity contribution in [2.24, 2.45) is 11.8 Å². The van der Waals surface area contributed by atoms with Gasteiger partial charge in [-0.2, -0.15) is 0 Å². The second-order valence-corrected chi connectivity index (χ2v) is 7.36. The minimum absolute atomic E-state index is 0.0299. The number of fused-ring (bicyclic) bond motifs is 2. The topological polar surface area (TPSA) is 32.8 Å². The van der Waals surface area contributed by atoms with E-state index in [-0.39, 0.29) is 12.1 Å². The molecule has 0 aromatic heterocycles. The Morgan fingerprint density at radius 2 is 1.45 bits per heavy atom. The number of ether oxygens (including phenoxy) is 1. The molecule has 2 saturated heterocycles. The highest BCUT2D eigenvalue weighted by atomic mass is 35.5. The number of likely N-dealkylation sites (tertiary alicyclic amines) is 2. The third kappa shape index (κ3) is 3.40. The number of benzene rings is 1. The summed E-state index contributed by atoms with van der Waals surface area (Å²) in [4.78, 5) is 17.1. The molecule has 22 heavy (non-hydrogen) atoms. The predicted octanol–water partition coefficient (Wildman–Crippen LogP) is 2.64. The third-order valence-corrected chi connectivity index (χ3v) is 4.89. The average Bonchev–Trinajstić information content (AvgIpc) is 2.39. The highest BCUT2D eigenvalue weighted by Crippen LogP contribution is 2.31. The molecule has 0 amide bonds. The first kappa shape index (κ1) is 16.1. The second kappa shape index (κ2) is 6.36. The number of carbonyl (C=O) groups is 1.